The van der Waals surface area contributed by atoms with Crippen LogP contribution in [-0.2, 0) is 10.2 Å². The van der Waals surface area contributed by atoms with Crippen LogP contribution in [0.2, 0.25) is 0 Å². The molecule has 30 heavy (non-hydrogen) atoms. The molecule has 0 atom stereocenters. The average Bonchev–Trinajstić information content (AvgIpc) is 3.18. The maximum Gasteiger partial charge on any atom is 0.335 e. The minimum atomic E-state index is -0.145. The summed E-state index contributed by atoms with van der Waals surface area (Å²) in [5, 5.41) is 0. The summed E-state index contributed by atoms with van der Waals surface area (Å²) in [6.07, 6.45) is 3.47. The zero-order chi connectivity index (χ0) is 21.1. The van der Waals surface area contributed by atoms with E-state index in [1.54, 1.807) is 15.8 Å². The summed E-state index contributed by atoms with van der Waals surface area (Å²) in [5.74, 6) is 0.652. The fraction of sp³-hybridized carbons (Fsp3) is 0.435. The zero-order valence-electron chi connectivity index (χ0n) is 17.9. The van der Waals surface area contributed by atoms with E-state index in [1.807, 2.05) is 36.5 Å². The quantitative estimate of drug-likeness (QED) is 0.662. The third kappa shape index (κ3) is 4.37. The second kappa shape index (κ2) is 8.53. The Morgan fingerprint density at radius 3 is 2.57 bits per heavy atom. The summed E-state index contributed by atoms with van der Waals surface area (Å²) in [6, 6.07) is 11.5. The number of amides is 1. The molecule has 1 aliphatic rings. The van der Waals surface area contributed by atoms with E-state index in [9.17, 15) is 4.79 Å². The molecule has 3 heterocycles. The van der Waals surface area contributed by atoms with Gasteiger partial charge in [-0.05, 0) is 29.2 Å². The molecule has 0 spiro atoms. The molecule has 3 aromatic rings. The van der Waals surface area contributed by atoms with Crippen LogP contribution < -0.4 is 4.90 Å². The Morgan fingerprint density at radius 2 is 1.87 bits per heavy atom. The van der Waals surface area contributed by atoms with Gasteiger partial charge in [-0.25, -0.2) is 14.8 Å². The molecule has 1 aliphatic heterocycles. The number of carbonyl (C=O) groups excluding carboxylic acids is 1. The maximum atomic E-state index is 13.5. The van der Waals surface area contributed by atoms with Gasteiger partial charge in [-0.1, -0.05) is 39.0 Å². The number of ether oxygens (including phenoxy) is 1. The highest BCUT2D eigenvalue weighted by atomic mass is 16.5. The van der Waals surface area contributed by atoms with E-state index in [2.05, 4.69) is 41.7 Å². The predicted molar refractivity (Wildman–Crippen MR) is 118 cm³/mol. The second-order valence-corrected chi connectivity index (χ2v) is 8.65. The Labute approximate surface area is 177 Å². The first-order chi connectivity index (χ1) is 14.4. The normalized spacial score (nSPS) is 15.4. The van der Waals surface area contributed by atoms with Crippen molar-refractivity contribution >= 4 is 22.9 Å². The van der Waals surface area contributed by atoms with Crippen LogP contribution in [0.4, 0.5) is 10.6 Å². The van der Waals surface area contributed by atoms with Gasteiger partial charge in [0, 0.05) is 32.4 Å². The first kappa shape index (κ1) is 20.5. The molecule has 0 bridgehead atoms. The van der Waals surface area contributed by atoms with E-state index in [4.69, 9.17) is 4.74 Å². The van der Waals surface area contributed by atoms with Crippen molar-refractivity contribution in [1.29, 1.82) is 0 Å². The number of nitrogens with zero attached hydrogens (tertiary/aromatic N) is 5. The van der Waals surface area contributed by atoms with E-state index >= 15 is 0 Å². The van der Waals surface area contributed by atoms with Crippen LogP contribution in [0, 0.1) is 0 Å². The van der Waals surface area contributed by atoms with Crippen molar-refractivity contribution in [3.8, 4) is 0 Å². The maximum absolute atomic E-state index is 13.5. The minimum Gasteiger partial charge on any atom is -0.379 e. The molecule has 1 fully saturated rings. The van der Waals surface area contributed by atoms with Gasteiger partial charge in [0.05, 0.1) is 24.2 Å². The smallest absolute Gasteiger partial charge is 0.335 e. The van der Waals surface area contributed by atoms with Gasteiger partial charge in [0.1, 0.15) is 12.1 Å². The molecule has 0 saturated carbocycles. The fourth-order valence-electron chi connectivity index (χ4n) is 3.61. The first-order valence-corrected chi connectivity index (χ1v) is 10.4. The Balaban J connectivity index is 1.63. The average molecular weight is 408 g/mol. The number of pyridine rings is 1. The van der Waals surface area contributed by atoms with E-state index < -0.39 is 0 Å². The van der Waals surface area contributed by atoms with Gasteiger partial charge in [0.15, 0.2) is 0 Å². The fourth-order valence-corrected chi connectivity index (χ4v) is 3.61. The van der Waals surface area contributed by atoms with Crippen molar-refractivity contribution in [2.75, 3.05) is 44.3 Å². The highest BCUT2D eigenvalue weighted by molar-refractivity contribution is 5.98. The number of para-hydroxylation sites is 2. The van der Waals surface area contributed by atoms with Gasteiger partial charge >= 0.3 is 6.03 Å². The van der Waals surface area contributed by atoms with Gasteiger partial charge in [-0.3, -0.25) is 14.4 Å². The molecular formula is C23H29N5O2. The lowest BCUT2D eigenvalue weighted by Crippen LogP contribution is -2.44. The molecule has 0 N–H and O–H groups in total. The van der Waals surface area contributed by atoms with E-state index in [-0.39, 0.29) is 11.4 Å². The van der Waals surface area contributed by atoms with Crippen molar-refractivity contribution in [3.63, 3.8) is 0 Å². The number of rotatable bonds is 4. The molecule has 1 saturated heterocycles. The first-order valence-electron chi connectivity index (χ1n) is 10.4. The lowest BCUT2D eigenvalue weighted by atomic mass is 9.88. The molecule has 2 aromatic heterocycles. The number of anilines is 1. The number of imidazole rings is 1. The number of aromatic nitrogens is 3. The number of fused-ring (bicyclic) bond motifs is 1. The van der Waals surface area contributed by atoms with Gasteiger partial charge in [0.2, 0.25) is 0 Å². The second-order valence-electron chi connectivity index (χ2n) is 8.65. The van der Waals surface area contributed by atoms with Crippen LogP contribution in [-0.4, -0.2) is 64.9 Å². The Kier molecular flexibility index (Phi) is 5.83. The van der Waals surface area contributed by atoms with Crippen LogP contribution in [0.15, 0.2) is 48.9 Å². The summed E-state index contributed by atoms with van der Waals surface area (Å²) in [4.78, 5) is 26.6. The zero-order valence-corrected chi connectivity index (χ0v) is 17.9. The standard InChI is InChI=1S/C23H29N5O2/c1-23(2,3)18-8-9-21(24-16-18)27(11-10-26-12-14-30-15-13-26)22(29)28-17-25-19-6-4-5-7-20(19)28/h4-9,16-17H,10-15H2,1-3H3. The predicted octanol–water partition coefficient (Wildman–Crippen LogP) is 3.54. The van der Waals surface area contributed by atoms with Gasteiger partial charge < -0.3 is 4.74 Å². The third-order valence-corrected chi connectivity index (χ3v) is 5.52. The summed E-state index contributed by atoms with van der Waals surface area (Å²) in [5.41, 5.74) is 2.74. The molecule has 1 amide bonds. The topological polar surface area (TPSA) is 63.5 Å². The largest absolute Gasteiger partial charge is 0.379 e. The molecule has 158 valence electrons. The molecule has 0 radical (unpaired) electrons. The van der Waals surface area contributed by atoms with E-state index in [1.165, 1.54) is 0 Å². The summed E-state index contributed by atoms with van der Waals surface area (Å²) in [6.45, 7) is 11.0. The van der Waals surface area contributed by atoms with Gasteiger partial charge in [-0.2, -0.15) is 0 Å². The van der Waals surface area contributed by atoms with Crippen molar-refractivity contribution in [3.05, 3.63) is 54.5 Å². The highest BCUT2D eigenvalue weighted by Gasteiger charge is 2.23. The lowest BCUT2D eigenvalue weighted by molar-refractivity contribution is 0.0393. The number of carbonyl (C=O) groups is 1. The summed E-state index contributed by atoms with van der Waals surface area (Å²) < 4.78 is 7.05. The Morgan fingerprint density at radius 1 is 1.10 bits per heavy atom. The van der Waals surface area contributed by atoms with E-state index in [0.29, 0.717) is 12.4 Å². The van der Waals surface area contributed by atoms with Crippen LogP contribution in [0.5, 0.6) is 0 Å². The number of hydrogen-bond acceptors (Lipinski definition) is 5. The van der Waals surface area contributed by atoms with Crippen LogP contribution in [0.25, 0.3) is 11.0 Å². The molecule has 4 rings (SSSR count). The number of hydrogen-bond donors (Lipinski definition) is 0. The van der Waals surface area contributed by atoms with Gasteiger partial charge in [-0.15, -0.1) is 0 Å². The Hall–Kier alpha value is -2.77. The Bertz CT molecular complexity index is 1000. The molecular weight excluding hydrogens is 378 g/mol. The number of morpholine rings is 1. The van der Waals surface area contributed by atoms with E-state index in [0.717, 1.165) is 49.4 Å². The van der Waals surface area contributed by atoms with Crippen LogP contribution in [0.3, 0.4) is 0 Å². The molecule has 7 nitrogen and oxygen atoms in total. The van der Waals surface area contributed by atoms with Crippen molar-refractivity contribution in [2.24, 2.45) is 0 Å². The van der Waals surface area contributed by atoms with Crippen molar-refractivity contribution in [1.82, 2.24) is 19.4 Å². The SMILES string of the molecule is CC(C)(C)c1ccc(N(CCN2CCOCC2)C(=O)n2cnc3ccccc32)nc1. The molecule has 0 unspecified atom stereocenters. The van der Waals surface area contributed by atoms with Crippen LogP contribution in [0.1, 0.15) is 26.3 Å². The molecule has 7 heteroatoms. The highest BCUT2D eigenvalue weighted by Crippen LogP contribution is 2.24. The lowest BCUT2D eigenvalue weighted by Gasteiger charge is -2.30. The summed E-state index contributed by atoms with van der Waals surface area (Å²) in [7, 11) is 0. The van der Waals surface area contributed by atoms with Crippen molar-refractivity contribution < 1.29 is 9.53 Å². The molecule has 0 aliphatic carbocycles. The van der Waals surface area contributed by atoms with Crippen LogP contribution >= 0.6 is 0 Å². The third-order valence-electron chi connectivity index (χ3n) is 5.52. The monoisotopic (exact) mass is 407 g/mol. The summed E-state index contributed by atoms with van der Waals surface area (Å²) >= 11 is 0. The number of benzene rings is 1. The van der Waals surface area contributed by atoms with Gasteiger partial charge in [0.25, 0.3) is 0 Å². The van der Waals surface area contributed by atoms with Crippen molar-refractivity contribution in [2.45, 2.75) is 26.2 Å². The molecule has 1 aromatic carbocycles. The minimum absolute atomic E-state index is 0.00865.